The number of hydrogen-bond donors (Lipinski definition) is 0. The number of benzene rings is 2. The Balaban J connectivity index is 2.00. The molecule has 3 aromatic rings. The van der Waals surface area contributed by atoms with Crippen LogP contribution >= 0.6 is 0 Å². The summed E-state index contributed by atoms with van der Waals surface area (Å²) in [5.41, 5.74) is 6.97. The van der Waals surface area contributed by atoms with Crippen molar-refractivity contribution in [2.75, 3.05) is 0 Å². The van der Waals surface area contributed by atoms with Gasteiger partial charge in [-0.3, -0.25) is 0 Å². The minimum Gasteiger partial charge on any atom is -0.337 e. The lowest BCUT2D eigenvalue weighted by Crippen LogP contribution is -2.13. The highest BCUT2D eigenvalue weighted by Crippen LogP contribution is 2.40. The van der Waals surface area contributed by atoms with E-state index in [1.54, 1.807) is 0 Å². The fourth-order valence-corrected chi connectivity index (χ4v) is 4.26. The average Bonchev–Trinajstić information content (AvgIpc) is 2.89. The lowest BCUT2D eigenvalue weighted by molar-refractivity contribution is 0.363. The predicted molar refractivity (Wildman–Crippen MR) is 99.0 cm³/mol. The number of hydrogen-bond acceptors (Lipinski definition) is 0. The molecule has 4 rings (SSSR count). The van der Waals surface area contributed by atoms with Crippen LogP contribution < -0.4 is 0 Å². The smallest absolute Gasteiger partial charge is 0.0523 e. The highest BCUT2D eigenvalue weighted by Gasteiger charge is 2.23. The number of aromatic nitrogens is 1. The number of aryl methyl sites for hydroxylation is 2. The van der Waals surface area contributed by atoms with Crippen molar-refractivity contribution in [3.8, 4) is 11.3 Å². The summed E-state index contributed by atoms with van der Waals surface area (Å²) >= 11 is 0. The quantitative estimate of drug-likeness (QED) is 0.514. The molecule has 118 valence electrons. The molecule has 2 aromatic carbocycles. The first-order chi connectivity index (χ1) is 11.3. The molecule has 23 heavy (non-hydrogen) atoms. The molecule has 0 radical (unpaired) electrons. The molecule has 1 aliphatic rings. The topological polar surface area (TPSA) is 4.93 Å². The molecule has 0 N–H and O–H groups in total. The molecule has 1 nitrogen and oxygen atoms in total. The number of fused-ring (bicyclic) bond motifs is 1. The van der Waals surface area contributed by atoms with Crippen molar-refractivity contribution in [2.24, 2.45) is 0 Å². The maximum atomic E-state index is 2.65. The van der Waals surface area contributed by atoms with E-state index in [4.69, 9.17) is 0 Å². The normalized spacial score (nSPS) is 16.1. The summed E-state index contributed by atoms with van der Waals surface area (Å²) in [6.45, 7) is 4.49. The summed E-state index contributed by atoms with van der Waals surface area (Å²) in [7, 11) is 0. The van der Waals surface area contributed by atoms with E-state index >= 15 is 0 Å². The molecule has 0 spiro atoms. The van der Waals surface area contributed by atoms with Gasteiger partial charge in [-0.1, -0.05) is 61.2 Å². The highest BCUT2D eigenvalue weighted by molar-refractivity contribution is 5.92. The molecule has 0 amide bonds. The van der Waals surface area contributed by atoms with Crippen molar-refractivity contribution in [2.45, 2.75) is 52.0 Å². The van der Waals surface area contributed by atoms with Crippen LogP contribution in [0.25, 0.3) is 22.2 Å². The predicted octanol–water partition coefficient (Wildman–Crippen LogP) is 6.43. The monoisotopic (exact) mass is 303 g/mol. The lowest BCUT2D eigenvalue weighted by Gasteiger charge is -2.27. The lowest BCUT2D eigenvalue weighted by atomic mass is 9.94. The van der Waals surface area contributed by atoms with Gasteiger partial charge in [0.05, 0.1) is 5.69 Å². The van der Waals surface area contributed by atoms with E-state index in [9.17, 15) is 0 Å². The second-order valence-electron chi connectivity index (χ2n) is 7.02. The van der Waals surface area contributed by atoms with Gasteiger partial charge in [-0.15, -0.1) is 0 Å². The maximum absolute atomic E-state index is 2.65. The van der Waals surface area contributed by atoms with Gasteiger partial charge in [0.2, 0.25) is 0 Å². The Morgan fingerprint density at radius 1 is 0.870 bits per heavy atom. The fraction of sp³-hybridized carbons (Fsp3) is 0.364. The van der Waals surface area contributed by atoms with Crippen LogP contribution in [0.4, 0.5) is 0 Å². The Labute approximate surface area is 139 Å². The minimum atomic E-state index is 0.651. The zero-order chi connectivity index (χ0) is 15.8. The van der Waals surface area contributed by atoms with Crippen LogP contribution in [0.15, 0.2) is 48.5 Å². The van der Waals surface area contributed by atoms with Gasteiger partial charge >= 0.3 is 0 Å². The zero-order valence-corrected chi connectivity index (χ0v) is 14.2. The molecule has 1 heteroatoms. The van der Waals surface area contributed by atoms with Gasteiger partial charge in [0.15, 0.2) is 0 Å². The van der Waals surface area contributed by atoms with E-state index in [-0.39, 0.29) is 0 Å². The van der Waals surface area contributed by atoms with Crippen molar-refractivity contribution < 1.29 is 0 Å². The Hall–Kier alpha value is -2.02. The summed E-state index contributed by atoms with van der Waals surface area (Å²) in [5.74, 6) is 0. The van der Waals surface area contributed by atoms with Crippen LogP contribution in [0.1, 0.15) is 49.3 Å². The van der Waals surface area contributed by atoms with E-state index < -0.39 is 0 Å². The molecule has 0 bridgehead atoms. The van der Waals surface area contributed by atoms with Crippen LogP contribution in [-0.2, 0) is 0 Å². The third-order valence-corrected chi connectivity index (χ3v) is 5.40. The second-order valence-corrected chi connectivity index (χ2v) is 7.02. The molecule has 1 fully saturated rings. The van der Waals surface area contributed by atoms with Gasteiger partial charge in [0.25, 0.3) is 0 Å². The van der Waals surface area contributed by atoms with Gasteiger partial charge in [0, 0.05) is 16.9 Å². The largest absolute Gasteiger partial charge is 0.337 e. The summed E-state index contributed by atoms with van der Waals surface area (Å²) in [6, 6.07) is 18.5. The molecule has 1 aliphatic carbocycles. The first-order valence-corrected chi connectivity index (χ1v) is 8.92. The van der Waals surface area contributed by atoms with Crippen molar-refractivity contribution in [1.82, 2.24) is 4.57 Å². The SMILES string of the molecule is Cc1ccc2c(c1)c(C)c(-c1ccccc1)n2C1CCCCC1. The van der Waals surface area contributed by atoms with Gasteiger partial charge in [-0.05, 0) is 49.9 Å². The molecule has 1 saturated carbocycles. The number of rotatable bonds is 2. The van der Waals surface area contributed by atoms with Crippen LogP contribution in [0, 0.1) is 13.8 Å². The summed E-state index contributed by atoms with van der Waals surface area (Å²) in [6.07, 6.45) is 6.76. The van der Waals surface area contributed by atoms with E-state index in [0.717, 1.165) is 0 Å². The summed E-state index contributed by atoms with van der Waals surface area (Å²) in [5, 5.41) is 1.43. The molecule has 1 aromatic heterocycles. The van der Waals surface area contributed by atoms with E-state index in [2.05, 4.69) is 66.9 Å². The third kappa shape index (κ3) is 2.49. The molecule has 0 atom stereocenters. The molecule has 1 heterocycles. The Kier molecular flexibility index (Phi) is 3.72. The Morgan fingerprint density at radius 2 is 1.61 bits per heavy atom. The molecular formula is C22H25N. The first-order valence-electron chi connectivity index (χ1n) is 8.92. The number of nitrogens with zero attached hydrogens (tertiary/aromatic N) is 1. The van der Waals surface area contributed by atoms with Crippen molar-refractivity contribution in [3.05, 3.63) is 59.7 Å². The summed E-state index contributed by atoms with van der Waals surface area (Å²) in [4.78, 5) is 0. The molecule has 0 saturated heterocycles. The van der Waals surface area contributed by atoms with Gasteiger partial charge in [-0.25, -0.2) is 0 Å². The average molecular weight is 303 g/mol. The maximum Gasteiger partial charge on any atom is 0.0523 e. The summed E-state index contributed by atoms with van der Waals surface area (Å²) < 4.78 is 2.65. The molecule has 0 unspecified atom stereocenters. The van der Waals surface area contributed by atoms with Crippen molar-refractivity contribution in [1.29, 1.82) is 0 Å². The first kappa shape index (κ1) is 14.6. The molecule has 0 aliphatic heterocycles. The van der Waals surface area contributed by atoms with E-state index in [0.29, 0.717) is 6.04 Å². The zero-order valence-electron chi connectivity index (χ0n) is 14.2. The minimum absolute atomic E-state index is 0.651. The van der Waals surface area contributed by atoms with Crippen LogP contribution in [0.3, 0.4) is 0 Å². The van der Waals surface area contributed by atoms with Crippen LogP contribution in [0.2, 0.25) is 0 Å². The van der Waals surface area contributed by atoms with Crippen molar-refractivity contribution in [3.63, 3.8) is 0 Å². The van der Waals surface area contributed by atoms with Crippen LogP contribution in [-0.4, -0.2) is 4.57 Å². The third-order valence-electron chi connectivity index (χ3n) is 5.40. The Morgan fingerprint density at radius 3 is 2.35 bits per heavy atom. The van der Waals surface area contributed by atoms with Gasteiger partial charge in [0.1, 0.15) is 0 Å². The standard InChI is InChI=1S/C22H25N/c1-16-13-14-21-20(15-16)17(2)22(18-9-5-3-6-10-18)23(21)19-11-7-4-8-12-19/h3,5-6,9-10,13-15,19H,4,7-8,11-12H2,1-2H3. The van der Waals surface area contributed by atoms with E-state index in [1.807, 2.05) is 0 Å². The van der Waals surface area contributed by atoms with Crippen molar-refractivity contribution >= 4 is 10.9 Å². The van der Waals surface area contributed by atoms with E-state index in [1.165, 1.54) is 65.4 Å². The molecular weight excluding hydrogens is 278 g/mol. The Bertz CT molecular complexity index is 820. The van der Waals surface area contributed by atoms with Gasteiger partial charge in [-0.2, -0.15) is 0 Å². The fourth-order valence-electron chi connectivity index (χ4n) is 4.26. The van der Waals surface area contributed by atoms with Gasteiger partial charge < -0.3 is 4.57 Å². The van der Waals surface area contributed by atoms with Crippen LogP contribution in [0.5, 0.6) is 0 Å². The highest BCUT2D eigenvalue weighted by atomic mass is 15.0. The second kappa shape index (κ2) is 5.88.